The van der Waals surface area contributed by atoms with Gasteiger partial charge < -0.3 is 29.1 Å². The number of nitrogens with two attached hydrogens (primary N) is 1. The number of Topliss-reactive ketones (excluding diaryl/α,β-unsaturated/α-hetero) is 1. The van der Waals surface area contributed by atoms with E-state index in [0.29, 0.717) is 36.0 Å². The maximum Gasteiger partial charge on any atom is 0.250 e. The zero-order valence-corrected chi connectivity index (χ0v) is 29.4. The second kappa shape index (κ2) is 23.6. The molecule has 1 aliphatic heterocycles. The number of terminal acetylenes is 1. The highest BCUT2D eigenvalue weighted by atomic mass is 16.5. The molecule has 5 rings (SSSR count). The summed E-state index contributed by atoms with van der Waals surface area (Å²) in [5.41, 5.74) is 6.93. The lowest BCUT2D eigenvalue weighted by Crippen LogP contribution is -2.30. The molecule has 1 saturated carbocycles. The second-order valence-electron chi connectivity index (χ2n) is 11.1. The van der Waals surface area contributed by atoms with Crippen molar-refractivity contribution in [1.82, 2.24) is 14.5 Å². The lowest BCUT2D eigenvalue weighted by Gasteiger charge is -2.28. The van der Waals surface area contributed by atoms with E-state index in [1.165, 1.54) is 45.8 Å². The average molecular weight is 639 g/mol. The van der Waals surface area contributed by atoms with Crippen molar-refractivity contribution in [3.05, 3.63) is 46.7 Å². The number of hydrogen-bond donors (Lipinski definition) is 1. The van der Waals surface area contributed by atoms with Crippen LogP contribution in [0.15, 0.2) is 39.7 Å². The van der Waals surface area contributed by atoms with Gasteiger partial charge in [-0.25, -0.2) is 4.98 Å². The summed E-state index contributed by atoms with van der Waals surface area (Å²) in [6.45, 7) is 10.6. The quantitative estimate of drug-likeness (QED) is 0.189. The first-order valence-corrected chi connectivity index (χ1v) is 16.4. The first-order valence-electron chi connectivity index (χ1n) is 16.4. The Morgan fingerprint density at radius 2 is 1.63 bits per heavy atom. The van der Waals surface area contributed by atoms with Crippen molar-refractivity contribution < 1.29 is 18.7 Å². The SMILES string of the molecule is C#C.C=O.CC.CCC(=O)CCCCCCc1ncc(-c2cc3ccc(=O)n(C)c3cc2OC)o1.CN.CN1CCC2(CC1)CC2. The topological polar surface area (TPSA) is 121 Å². The van der Waals surface area contributed by atoms with Gasteiger partial charge in [0.25, 0.3) is 5.56 Å². The van der Waals surface area contributed by atoms with Gasteiger partial charge in [0.2, 0.25) is 0 Å². The van der Waals surface area contributed by atoms with Gasteiger partial charge in [0.15, 0.2) is 11.7 Å². The molecule has 2 aliphatic rings. The molecule has 9 heteroatoms. The minimum Gasteiger partial charge on any atom is -0.496 e. The third kappa shape index (κ3) is 13.3. The second-order valence-corrected chi connectivity index (χ2v) is 11.1. The average Bonchev–Trinajstić information content (AvgIpc) is 3.72. The Balaban J connectivity index is 0.000000983. The lowest BCUT2D eigenvalue weighted by molar-refractivity contribution is -0.118. The fraction of sp³-hybridized carbons (Fsp3) is 0.568. The minimum atomic E-state index is -0.0617. The van der Waals surface area contributed by atoms with Gasteiger partial charge in [0.1, 0.15) is 18.3 Å². The number of piperidine rings is 1. The molecule has 0 amide bonds. The monoisotopic (exact) mass is 638 g/mol. The molecule has 9 nitrogen and oxygen atoms in total. The Kier molecular flexibility index (Phi) is 21.7. The van der Waals surface area contributed by atoms with Gasteiger partial charge in [-0.05, 0) is 88.6 Å². The molecule has 1 spiro atoms. The number of benzene rings is 1. The molecule has 1 aromatic carbocycles. The summed E-state index contributed by atoms with van der Waals surface area (Å²) in [5, 5.41) is 0.933. The van der Waals surface area contributed by atoms with Crippen molar-refractivity contribution in [3.8, 4) is 29.9 Å². The molecule has 46 heavy (non-hydrogen) atoms. The summed E-state index contributed by atoms with van der Waals surface area (Å²) in [5.74, 6) is 2.34. The van der Waals surface area contributed by atoms with E-state index in [1.807, 2.05) is 39.7 Å². The molecule has 3 aromatic rings. The first kappa shape index (κ1) is 42.3. The number of aryl methyl sites for hydroxylation is 2. The molecule has 2 fully saturated rings. The Morgan fingerprint density at radius 3 is 2.20 bits per heavy atom. The molecule has 256 valence electrons. The molecular weight excluding hydrogens is 580 g/mol. The van der Waals surface area contributed by atoms with E-state index in [1.54, 1.807) is 37.1 Å². The highest BCUT2D eigenvalue weighted by Gasteiger charge is 2.43. The first-order chi connectivity index (χ1) is 22.3. The van der Waals surface area contributed by atoms with Crippen LogP contribution in [-0.4, -0.2) is 61.3 Å². The number of hydrogen-bond acceptors (Lipinski definition) is 8. The molecule has 2 aromatic heterocycles. The normalized spacial score (nSPS) is 13.9. The van der Waals surface area contributed by atoms with Gasteiger partial charge in [0, 0.05) is 38.4 Å². The number of pyridine rings is 1. The van der Waals surface area contributed by atoms with Crippen LogP contribution in [-0.2, 0) is 23.1 Å². The van der Waals surface area contributed by atoms with Gasteiger partial charge in [-0.2, -0.15) is 0 Å². The summed E-state index contributed by atoms with van der Waals surface area (Å²) < 4.78 is 13.1. The number of unbranched alkanes of at least 4 members (excludes halogenated alkanes) is 3. The van der Waals surface area contributed by atoms with Gasteiger partial charge in [-0.15, -0.1) is 12.8 Å². The number of fused-ring (bicyclic) bond motifs is 1. The minimum absolute atomic E-state index is 0.0617. The number of aromatic nitrogens is 2. The molecular formula is C37H58N4O5. The number of oxazole rings is 1. The van der Waals surface area contributed by atoms with Crippen LogP contribution in [0.25, 0.3) is 22.2 Å². The number of ether oxygens (including phenoxy) is 1. The number of carbonyl (C=O) groups excluding carboxylic acids is 2. The zero-order chi connectivity index (χ0) is 35.1. The predicted molar refractivity (Wildman–Crippen MR) is 190 cm³/mol. The van der Waals surface area contributed by atoms with E-state index in [-0.39, 0.29) is 5.56 Å². The standard InChI is InChI=1S/C23H28N2O4.C8H15N.C2H6.C2H2.CH5N.CH2O/c1-4-17(26)9-7-5-6-8-10-22-24-15-21(29-22)18-13-16-11-12-23(27)25(2)19(16)14-20(18)28-3;1-9-6-4-8(2-3-8)5-7-9;4*1-2/h11-15H,4-10H2,1-3H3;2-7H2,1H3;1-2H3;1-2H;2H2,1H3;1H2. The van der Waals surface area contributed by atoms with Crippen LogP contribution in [0.2, 0.25) is 0 Å². The van der Waals surface area contributed by atoms with Crippen LogP contribution in [0.1, 0.15) is 90.9 Å². The maximum atomic E-state index is 11.9. The van der Waals surface area contributed by atoms with Crippen molar-refractivity contribution in [2.24, 2.45) is 18.2 Å². The van der Waals surface area contributed by atoms with Gasteiger partial charge in [-0.1, -0.05) is 33.6 Å². The van der Waals surface area contributed by atoms with E-state index in [0.717, 1.165) is 54.0 Å². The van der Waals surface area contributed by atoms with Crippen molar-refractivity contribution >= 4 is 23.5 Å². The number of carbonyl (C=O) groups is 2. The number of likely N-dealkylation sites (tertiary alicyclic amines) is 1. The molecule has 0 radical (unpaired) electrons. The third-order valence-corrected chi connectivity index (χ3v) is 8.26. The van der Waals surface area contributed by atoms with Crippen LogP contribution < -0.4 is 16.0 Å². The van der Waals surface area contributed by atoms with Crippen molar-refractivity contribution in [3.63, 3.8) is 0 Å². The van der Waals surface area contributed by atoms with Crippen LogP contribution in [0.3, 0.4) is 0 Å². The molecule has 2 N–H and O–H groups in total. The van der Waals surface area contributed by atoms with Crippen LogP contribution >= 0.6 is 0 Å². The number of rotatable bonds is 10. The van der Waals surface area contributed by atoms with Gasteiger partial charge in [-0.3, -0.25) is 9.59 Å². The van der Waals surface area contributed by atoms with E-state index in [4.69, 9.17) is 13.9 Å². The van der Waals surface area contributed by atoms with E-state index < -0.39 is 0 Å². The molecule has 0 unspecified atom stereocenters. The predicted octanol–water partition coefficient (Wildman–Crippen LogP) is 6.83. The Labute approximate surface area is 276 Å². The van der Waals surface area contributed by atoms with Crippen molar-refractivity contribution in [1.29, 1.82) is 0 Å². The van der Waals surface area contributed by atoms with Crippen LogP contribution in [0.5, 0.6) is 5.75 Å². The molecule has 0 bridgehead atoms. The Bertz CT molecular complexity index is 1350. The summed E-state index contributed by atoms with van der Waals surface area (Å²) in [6, 6.07) is 7.17. The largest absolute Gasteiger partial charge is 0.496 e. The molecule has 0 atom stereocenters. The summed E-state index contributed by atoms with van der Waals surface area (Å²) in [7, 11) is 7.08. The fourth-order valence-corrected chi connectivity index (χ4v) is 5.21. The molecule has 1 saturated heterocycles. The summed E-state index contributed by atoms with van der Waals surface area (Å²) in [6.07, 6.45) is 21.9. The smallest absolute Gasteiger partial charge is 0.250 e. The highest BCUT2D eigenvalue weighted by Crippen LogP contribution is 2.53. The number of nitrogens with zero attached hydrogens (tertiary/aromatic N) is 3. The lowest BCUT2D eigenvalue weighted by atomic mass is 9.94. The van der Waals surface area contributed by atoms with Crippen molar-refractivity contribution in [2.75, 3.05) is 34.3 Å². The summed E-state index contributed by atoms with van der Waals surface area (Å²) >= 11 is 0. The van der Waals surface area contributed by atoms with Crippen LogP contribution in [0, 0.1) is 18.3 Å². The zero-order valence-electron chi connectivity index (χ0n) is 29.4. The van der Waals surface area contributed by atoms with Gasteiger partial charge in [0.05, 0.1) is 24.4 Å². The van der Waals surface area contributed by atoms with Crippen LogP contribution in [0.4, 0.5) is 0 Å². The van der Waals surface area contributed by atoms with Crippen molar-refractivity contribution in [2.45, 2.75) is 91.4 Å². The number of ketones is 1. The van der Waals surface area contributed by atoms with E-state index >= 15 is 0 Å². The fourth-order valence-electron chi connectivity index (χ4n) is 5.21. The molecule has 1 aliphatic carbocycles. The highest BCUT2D eigenvalue weighted by molar-refractivity contribution is 5.87. The third-order valence-electron chi connectivity index (χ3n) is 8.26. The van der Waals surface area contributed by atoms with E-state index in [2.05, 4.69) is 35.5 Å². The van der Waals surface area contributed by atoms with Gasteiger partial charge >= 0.3 is 0 Å². The summed E-state index contributed by atoms with van der Waals surface area (Å²) in [4.78, 5) is 38.1. The molecule has 3 heterocycles. The Hall–Kier alpha value is -3.74. The maximum absolute atomic E-state index is 11.9. The Morgan fingerprint density at radius 1 is 1.02 bits per heavy atom. The van der Waals surface area contributed by atoms with E-state index in [9.17, 15) is 9.59 Å². The number of methoxy groups -OCH3 is 1.